The third-order valence-corrected chi connectivity index (χ3v) is 5.74. The lowest BCUT2D eigenvalue weighted by Gasteiger charge is -2.08. The summed E-state index contributed by atoms with van der Waals surface area (Å²) in [4.78, 5) is 32.0. The summed E-state index contributed by atoms with van der Waals surface area (Å²) < 4.78 is 12.2. The smallest absolute Gasteiger partial charge is 0.294 e. The number of carbonyl (C=O) groups excluding carboxylic acids is 1. The van der Waals surface area contributed by atoms with Crippen LogP contribution in [0.3, 0.4) is 0 Å². The van der Waals surface area contributed by atoms with Crippen molar-refractivity contribution in [3.05, 3.63) is 57.3 Å². The predicted octanol–water partition coefficient (Wildman–Crippen LogP) is 4.05. The third kappa shape index (κ3) is 4.40. The molecule has 2 N–H and O–H groups in total. The minimum absolute atomic E-state index is 0.00514. The maximum Gasteiger partial charge on any atom is 0.294 e. The molecule has 0 amide bonds. The Kier molecular flexibility index (Phi) is 5.33. The number of halogens is 1. The maximum atomic E-state index is 12.6. The number of aromatic amines is 1. The molecule has 0 atom stereocenters. The van der Waals surface area contributed by atoms with E-state index in [0.29, 0.717) is 34.8 Å². The lowest BCUT2D eigenvalue weighted by Crippen LogP contribution is -2.28. The summed E-state index contributed by atoms with van der Waals surface area (Å²) in [6.45, 7) is 1.19. The number of ether oxygens (including phenoxy) is 1. The molecule has 158 valence electrons. The van der Waals surface area contributed by atoms with E-state index in [1.54, 1.807) is 24.3 Å². The van der Waals surface area contributed by atoms with Gasteiger partial charge in [0.1, 0.15) is 29.3 Å². The molecule has 1 saturated carbocycles. The molecule has 0 aliphatic heterocycles. The number of furan rings is 1. The summed E-state index contributed by atoms with van der Waals surface area (Å²) >= 11 is 3.44. The number of H-pyrrole nitrogens is 1. The lowest BCUT2D eigenvalue weighted by atomic mass is 10.2. The van der Waals surface area contributed by atoms with Crippen LogP contribution in [0.4, 0.5) is 0 Å². The van der Waals surface area contributed by atoms with Crippen molar-refractivity contribution in [2.75, 3.05) is 19.7 Å². The number of Topliss-reactive ketones (excluding diaryl/α,β-unsaturated/α-hetero) is 1. The lowest BCUT2D eigenvalue weighted by molar-refractivity contribution is -0.120. The van der Waals surface area contributed by atoms with Gasteiger partial charge >= 0.3 is 0 Å². The summed E-state index contributed by atoms with van der Waals surface area (Å²) in [5, 5.41) is 3.93. The number of nitrogens with zero attached hydrogens (tertiary/aromatic N) is 1. The Morgan fingerprint density at radius 3 is 2.97 bits per heavy atom. The molecule has 1 fully saturated rings. The number of fused-ring (bicyclic) bond motifs is 3. The van der Waals surface area contributed by atoms with Crippen molar-refractivity contribution >= 4 is 43.8 Å². The fourth-order valence-corrected chi connectivity index (χ4v) is 3.81. The van der Waals surface area contributed by atoms with Gasteiger partial charge in [-0.25, -0.2) is 4.98 Å². The van der Waals surface area contributed by atoms with Gasteiger partial charge in [0, 0.05) is 15.4 Å². The predicted molar refractivity (Wildman–Crippen MR) is 121 cm³/mol. The number of benzene rings is 2. The molecule has 1 aliphatic carbocycles. The van der Waals surface area contributed by atoms with E-state index < -0.39 is 0 Å². The highest BCUT2D eigenvalue weighted by Crippen LogP contribution is 2.30. The first kappa shape index (κ1) is 20.0. The van der Waals surface area contributed by atoms with Crippen LogP contribution in [0.25, 0.3) is 33.5 Å². The molecule has 1 aliphatic rings. The highest BCUT2D eigenvalue weighted by atomic mass is 79.9. The third-order valence-electron chi connectivity index (χ3n) is 5.24. The van der Waals surface area contributed by atoms with E-state index in [1.807, 2.05) is 18.2 Å². The standard InChI is InChI=1S/C23H20BrN3O4/c24-15-6-7-19-18(9-15)20-21(31-19)23(29)27-22(26-20)14-2-1-3-17(8-14)30-12-16(28)11-25-10-13-4-5-13/h1-3,6-9,13,25H,4-5,10-12H2,(H,26,27,29). The average Bonchev–Trinajstić information content (AvgIpc) is 3.52. The molecule has 2 aromatic carbocycles. The van der Waals surface area contributed by atoms with Gasteiger partial charge in [-0.1, -0.05) is 28.1 Å². The van der Waals surface area contributed by atoms with Gasteiger partial charge in [0.2, 0.25) is 5.58 Å². The van der Waals surface area contributed by atoms with E-state index in [2.05, 4.69) is 31.2 Å². The van der Waals surface area contributed by atoms with Gasteiger partial charge in [-0.15, -0.1) is 0 Å². The number of hydrogen-bond donors (Lipinski definition) is 2. The Bertz CT molecular complexity index is 1340. The molecular formula is C23H20BrN3O4. The second-order valence-corrected chi connectivity index (χ2v) is 8.68. The number of carbonyl (C=O) groups is 1. The molecular weight excluding hydrogens is 462 g/mol. The van der Waals surface area contributed by atoms with Gasteiger partial charge in [0.25, 0.3) is 5.56 Å². The Labute approximate surface area is 185 Å². The van der Waals surface area contributed by atoms with Gasteiger partial charge in [-0.05, 0) is 55.6 Å². The minimum Gasteiger partial charge on any atom is -0.486 e. The highest BCUT2D eigenvalue weighted by molar-refractivity contribution is 9.10. The normalized spacial score (nSPS) is 13.7. The van der Waals surface area contributed by atoms with Crippen LogP contribution in [0.2, 0.25) is 0 Å². The molecule has 0 radical (unpaired) electrons. The van der Waals surface area contributed by atoms with Gasteiger partial charge in [-0.3, -0.25) is 9.59 Å². The molecule has 7 nitrogen and oxygen atoms in total. The largest absolute Gasteiger partial charge is 0.486 e. The van der Waals surface area contributed by atoms with E-state index in [0.717, 1.165) is 22.3 Å². The monoisotopic (exact) mass is 481 g/mol. The van der Waals surface area contributed by atoms with Crippen LogP contribution >= 0.6 is 15.9 Å². The topological polar surface area (TPSA) is 97.2 Å². The molecule has 0 bridgehead atoms. The summed E-state index contributed by atoms with van der Waals surface area (Å²) in [6, 6.07) is 12.7. The van der Waals surface area contributed by atoms with E-state index in [4.69, 9.17) is 9.15 Å². The molecule has 0 unspecified atom stereocenters. The summed E-state index contributed by atoms with van der Waals surface area (Å²) in [6.07, 6.45) is 2.50. The first-order valence-electron chi connectivity index (χ1n) is 10.1. The molecule has 0 saturated heterocycles. The Hall–Kier alpha value is -2.97. The number of ketones is 1. The van der Waals surface area contributed by atoms with E-state index in [1.165, 1.54) is 12.8 Å². The first-order chi connectivity index (χ1) is 15.1. The molecule has 0 spiro atoms. The summed E-state index contributed by atoms with van der Waals surface area (Å²) in [7, 11) is 0. The van der Waals surface area contributed by atoms with Gasteiger partial charge in [-0.2, -0.15) is 0 Å². The van der Waals surface area contributed by atoms with Crippen molar-refractivity contribution in [2.24, 2.45) is 5.92 Å². The SMILES string of the molecule is O=C(CNCC1CC1)COc1cccc(-c2nc3c(oc4ccc(Br)cc43)c(=O)[nH]2)c1. The van der Waals surface area contributed by atoms with Crippen LogP contribution < -0.4 is 15.6 Å². The van der Waals surface area contributed by atoms with Crippen LogP contribution in [0.5, 0.6) is 5.75 Å². The van der Waals surface area contributed by atoms with E-state index in [-0.39, 0.29) is 23.5 Å². The first-order valence-corrected chi connectivity index (χ1v) is 10.9. The van der Waals surface area contributed by atoms with Crippen LogP contribution in [0.1, 0.15) is 12.8 Å². The van der Waals surface area contributed by atoms with Crippen molar-refractivity contribution in [1.82, 2.24) is 15.3 Å². The fraction of sp³-hybridized carbons (Fsp3) is 0.261. The van der Waals surface area contributed by atoms with Gasteiger partial charge in [0.15, 0.2) is 5.78 Å². The van der Waals surface area contributed by atoms with Gasteiger partial charge in [0.05, 0.1) is 6.54 Å². The van der Waals surface area contributed by atoms with Crippen LogP contribution in [-0.4, -0.2) is 35.4 Å². The van der Waals surface area contributed by atoms with Crippen LogP contribution in [0, 0.1) is 5.92 Å². The highest BCUT2D eigenvalue weighted by Gasteiger charge is 2.20. The van der Waals surface area contributed by atoms with Crippen LogP contribution in [0.15, 0.2) is 56.1 Å². The second kappa shape index (κ2) is 8.28. The summed E-state index contributed by atoms with van der Waals surface area (Å²) in [5.74, 6) is 1.67. The van der Waals surface area contributed by atoms with Crippen molar-refractivity contribution in [1.29, 1.82) is 0 Å². The van der Waals surface area contributed by atoms with Gasteiger partial charge < -0.3 is 19.5 Å². The van der Waals surface area contributed by atoms with Crippen molar-refractivity contribution in [3.8, 4) is 17.1 Å². The molecule has 8 heteroatoms. The Morgan fingerprint density at radius 2 is 2.13 bits per heavy atom. The van der Waals surface area contributed by atoms with Crippen molar-refractivity contribution in [3.63, 3.8) is 0 Å². The zero-order valence-electron chi connectivity index (χ0n) is 16.6. The number of aromatic nitrogens is 2. The molecule has 4 aromatic rings. The van der Waals surface area contributed by atoms with Crippen molar-refractivity contribution < 1.29 is 13.9 Å². The number of hydrogen-bond acceptors (Lipinski definition) is 6. The maximum absolute atomic E-state index is 12.6. The molecule has 2 aromatic heterocycles. The number of rotatable bonds is 8. The average molecular weight is 482 g/mol. The Morgan fingerprint density at radius 1 is 1.26 bits per heavy atom. The fourth-order valence-electron chi connectivity index (χ4n) is 3.45. The molecule has 5 rings (SSSR count). The quantitative estimate of drug-likeness (QED) is 0.394. The number of nitrogens with one attached hydrogen (secondary N) is 2. The molecule has 31 heavy (non-hydrogen) atoms. The van der Waals surface area contributed by atoms with E-state index in [9.17, 15) is 9.59 Å². The zero-order chi connectivity index (χ0) is 21.4. The van der Waals surface area contributed by atoms with Crippen molar-refractivity contribution in [2.45, 2.75) is 12.8 Å². The molecule has 2 heterocycles. The van der Waals surface area contributed by atoms with Crippen LogP contribution in [-0.2, 0) is 4.79 Å². The zero-order valence-corrected chi connectivity index (χ0v) is 18.2. The second-order valence-electron chi connectivity index (χ2n) is 7.76. The summed E-state index contributed by atoms with van der Waals surface area (Å²) in [5.41, 5.74) is 1.61. The Balaban J connectivity index is 1.37. The van der Waals surface area contributed by atoms with E-state index >= 15 is 0 Å². The minimum atomic E-state index is -0.351.